The third-order valence-electron chi connectivity index (χ3n) is 13.7. The van der Waals surface area contributed by atoms with Crippen LogP contribution >= 0.6 is 0 Å². The molecule has 0 amide bonds. The first-order chi connectivity index (χ1) is 35.3. The quantitative estimate of drug-likeness (QED) is 0.121. The molecule has 0 spiro atoms. The first-order valence-electron chi connectivity index (χ1n) is 23.0. The molecule has 74 heavy (non-hydrogen) atoms. The van der Waals surface area contributed by atoms with Gasteiger partial charge < -0.3 is 9.13 Å². The fraction of sp³-hybridized carbons (Fsp3) is 0.0820. The lowest BCUT2D eigenvalue weighted by molar-refractivity contribution is -0.143. The maximum absolute atomic E-state index is 14.6. The fourth-order valence-corrected chi connectivity index (χ4v) is 10.4. The molecule has 0 aliphatic carbocycles. The van der Waals surface area contributed by atoms with Crippen LogP contribution in [0.25, 0.3) is 104 Å². The highest BCUT2D eigenvalue weighted by Crippen LogP contribution is 2.48. The molecule has 0 bridgehead atoms. The number of fused-ring (bicyclic) bond motifs is 6. The van der Waals surface area contributed by atoms with Crippen molar-refractivity contribution in [3.05, 3.63) is 221 Å². The van der Waals surface area contributed by atoms with E-state index in [-0.39, 0.29) is 22.9 Å². The Kier molecular flexibility index (Phi) is 11.1. The first-order valence-corrected chi connectivity index (χ1v) is 23.0. The molecule has 0 fully saturated rings. The van der Waals surface area contributed by atoms with Crippen LogP contribution in [0.4, 0.5) is 45.2 Å². The van der Waals surface area contributed by atoms with E-state index in [1.807, 2.05) is 76.7 Å². The average Bonchev–Trinajstić information content (AvgIpc) is 3.89. The van der Waals surface area contributed by atoms with Crippen molar-refractivity contribution in [3.63, 3.8) is 0 Å². The summed E-state index contributed by atoms with van der Waals surface area (Å²) in [4.78, 5) is 4.07. The van der Waals surface area contributed by atoms with Crippen molar-refractivity contribution in [1.29, 1.82) is 5.26 Å². The Bertz CT molecular complexity index is 4210. The maximum Gasteiger partial charge on any atom is 0.417 e. The smallest absolute Gasteiger partial charge is 0.310 e. The van der Waals surface area contributed by atoms with Crippen LogP contribution in [0.5, 0.6) is 0 Å². The summed E-state index contributed by atoms with van der Waals surface area (Å²) in [7, 11) is 0. The SMILES string of the molecule is [C-]#[N+]c1cccc(-n2c3ccccc3c3cc(-c4ccc(C(F)(F)F)cc4C(F)(F)F)ccc32)c1-c1cc(-c2ccc(C#N)cc2C)ccc1-n1c2ccccc2c2cc(-c3ccc(C)cc3C(F)(F)F)ccc21. The number of nitriles is 1. The van der Waals surface area contributed by atoms with Crippen LogP contribution < -0.4 is 0 Å². The Morgan fingerprint density at radius 1 is 0.446 bits per heavy atom. The van der Waals surface area contributed by atoms with E-state index >= 15 is 0 Å². The Morgan fingerprint density at radius 2 is 0.973 bits per heavy atom. The lowest BCUT2D eigenvalue weighted by atomic mass is 9.92. The summed E-state index contributed by atoms with van der Waals surface area (Å²) in [6.45, 7) is 12.1. The molecule has 11 aromatic rings. The third-order valence-corrected chi connectivity index (χ3v) is 13.7. The van der Waals surface area contributed by atoms with Crippen LogP contribution in [-0.2, 0) is 18.5 Å². The molecule has 2 heterocycles. The number of para-hydroxylation sites is 2. The molecule has 2 aromatic heterocycles. The normalized spacial score (nSPS) is 12.2. The molecule has 0 aliphatic rings. The summed E-state index contributed by atoms with van der Waals surface area (Å²) >= 11 is 0. The predicted molar refractivity (Wildman–Crippen MR) is 272 cm³/mol. The summed E-state index contributed by atoms with van der Waals surface area (Å²) in [5.41, 5.74) is 4.56. The predicted octanol–water partition coefficient (Wildman–Crippen LogP) is 18.6. The van der Waals surface area contributed by atoms with Gasteiger partial charge in [0.2, 0.25) is 0 Å². The molecule has 9 aromatic carbocycles. The van der Waals surface area contributed by atoms with Gasteiger partial charge in [0.05, 0.1) is 62.6 Å². The third kappa shape index (κ3) is 7.89. The van der Waals surface area contributed by atoms with Crippen molar-refractivity contribution in [2.24, 2.45) is 0 Å². The number of rotatable bonds is 6. The highest BCUT2D eigenvalue weighted by molar-refractivity contribution is 6.13. The lowest BCUT2D eigenvalue weighted by Gasteiger charge is -2.21. The number of hydrogen-bond acceptors (Lipinski definition) is 1. The van der Waals surface area contributed by atoms with Crippen LogP contribution in [0, 0.1) is 31.8 Å². The summed E-state index contributed by atoms with van der Waals surface area (Å²) in [5.74, 6) is 0. The Balaban J connectivity index is 1.20. The van der Waals surface area contributed by atoms with Gasteiger partial charge in [-0.05, 0) is 143 Å². The molecule has 0 N–H and O–H groups in total. The number of halogens is 9. The van der Waals surface area contributed by atoms with E-state index in [0.29, 0.717) is 78.0 Å². The van der Waals surface area contributed by atoms with Gasteiger partial charge in [0.15, 0.2) is 5.69 Å². The molecule has 13 heteroatoms. The molecule has 362 valence electrons. The maximum atomic E-state index is 14.6. The van der Waals surface area contributed by atoms with Gasteiger partial charge >= 0.3 is 18.5 Å². The van der Waals surface area contributed by atoms with Crippen LogP contribution in [0.15, 0.2) is 176 Å². The summed E-state index contributed by atoms with van der Waals surface area (Å²) < 4.78 is 133. The van der Waals surface area contributed by atoms with Gasteiger partial charge in [-0.15, -0.1) is 0 Å². The topological polar surface area (TPSA) is 38.0 Å². The zero-order valence-corrected chi connectivity index (χ0v) is 38.9. The largest absolute Gasteiger partial charge is 0.417 e. The Labute approximate surface area is 416 Å². The summed E-state index contributed by atoms with van der Waals surface area (Å²) in [6.07, 6.45) is -14.7. The van der Waals surface area contributed by atoms with E-state index < -0.39 is 40.8 Å². The second-order valence-corrected chi connectivity index (χ2v) is 18.1. The van der Waals surface area contributed by atoms with Crippen molar-refractivity contribution < 1.29 is 39.5 Å². The van der Waals surface area contributed by atoms with Crippen molar-refractivity contribution in [1.82, 2.24) is 9.13 Å². The molecule has 4 nitrogen and oxygen atoms in total. The van der Waals surface area contributed by atoms with Crippen molar-refractivity contribution >= 4 is 49.3 Å². The van der Waals surface area contributed by atoms with Gasteiger partial charge in [0, 0.05) is 32.8 Å². The molecule has 0 saturated carbocycles. The van der Waals surface area contributed by atoms with Gasteiger partial charge in [-0.25, -0.2) is 4.85 Å². The van der Waals surface area contributed by atoms with Gasteiger partial charge in [0.25, 0.3) is 0 Å². The zero-order chi connectivity index (χ0) is 52.0. The van der Waals surface area contributed by atoms with Gasteiger partial charge in [0.1, 0.15) is 0 Å². The second-order valence-electron chi connectivity index (χ2n) is 18.1. The molecule has 0 saturated heterocycles. The van der Waals surface area contributed by atoms with Crippen LogP contribution in [0.2, 0.25) is 0 Å². The van der Waals surface area contributed by atoms with Gasteiger partial charge in [-0.1, -0.05) is 96.6 Å². The van der Waals surface area contributed by atoms with Crippen molar-refractivity contribution in [2.75, 3.05) is 0 Å². The molecule has 11 rings (SSSR count). The van der Waals surface area contributed by atoms with Crippen molar-refractivity contribution in [3.8, 4) is 62.0 Å². The minimum atomic E-state index is -5.12. The van der Waals surface area contributed by atoms with E-state index in [1.54, 1.807) is 79.7 Å². The first kappa shape index (κ1) is 47.3. The zero-order valence-electron chi connectivity index (χ0n) is 38.9. The lowest BCUT2D eigenvalue weighted by Crippen LogP contribution is -2.12. The molecular weight excluding hydrogens is 960 g/mol. The fourth-order valence-electron chi connectivity index (χ4n) is 10.4. The highest BCUT2D eigenvalue weighted by Gasteiger charge is 2.39. The number of benzene rings is 9. The molecule has 0 atom stereocenters. The summed E-state index contributed by atoms with van der Waals surface area (Å²) in [5, 5.41) is 12.3. The van der Waals surface area contributed by atoms with Crippen LogP contribution in [0.3, 0.4) is 0 Å². The van der Waals surface area contributed by atoms with E-state index in [9.17, 15) is 44.8 Å². The Morgan fingerprint density at radius 3 is 1.54 bits per heavy atom. The summed E-state index contributed by atoms with van der Waals surface area (Å²) in [6, 6.07) is 49.0. The van der Waals surface area contributed by atoms with E-state index in [1.165, 1.54) is 18.2 Å². The van der Waals surface area contributed by atoms with Gasteiger partial charge in [-0.2, -0.15) is 44.8 Å². The number of nitrogens with zero attached hydrogens (tertiary/aromatic N) is 4. The Hall–Kier alpha value is -9.07. The monoisotopic (exact) mass is 994 g/mol. The molecule has 0 aliphatic heterocycles. The van der Waals surface area contributed by atoms with E-state index in [0.717, 1.165) is 39.7 Å². The van der Waals surface area contributed by atoms with E-state index in [2.05, 4.69) is 10.9 Å². The molecule has 0 radical (unpaired) electrons. The molecular formula is C61H35F9N4. The average molecular weight is 995 g/mol. The highest BCUT2D eigenvalue weighted by atomic mass is 19.4. The minimum Gasteiger partial charge on any atom is -0.310 e. The minimum absolute atomic E-state index is 0.0266. The standard InChI is InChI=1S/C61H35F9N4/c1-34-15-21-42(49(27-34)60(65,66)67)38-18-24-54-46(29-38)44-9-4-6-12-52(44)73(54)56-26-17-37(41-22-16-36(33-71)28-35(41)2)31-48(56)58-51(72-3)11-8-14-57(58)74-53-13-7-5-10-45(53)47-30-39(19-25-55(47)74)43-23-20-40(59(62,63)64)32-50(43)61(68,69)70/h4-32H,1-2H3. The van der Waals surface area contributed by atoms with Crippen LogP contribution in [-0.4, -0.2) is 9.13 Å². The number of hydrogen-bond donors (Lipinski definition) is 0. The molecule has 0 unspecified atom stereocenters. The number of aromatic nitrogens is 2. The van der Waals surface area contributed by atoms with Gasteiger partial charge in [-0.3, -0.25) is 0 Å². The van der Waals surface area contributed by atoms with Crippen LogP contribution in [0.1, 0.15) is 33.4 Å². The van der Waals surface area contributed by atoms with E-state index in [4.69, 9.17) is 6.57 Å². The van der Waals surface area contributed by atoms with Crippen molar-refractivity contribution in [2.45, 2.75) is 32.4 Å². The number of alkyl halides is 9. The number of aryl methyl sites for hydroxylation is 2. The second kappa shape index (κ2) is 17.3.